The molecule has 1 fully saturated rings. The molecule has 0 bridgehead atoms. The molecule has 7 heteroatoms. The van der Waals surface area contributed by atoms with Crippen molar-refractivity contribution in [1.82, 2.24) is 5.32 Å². The Labute approximate surface area is 219 Å². The topological polar surface area (TPSA) is 59.6 Å². The van der Waals surface area contributed by atoms with Gasteiger partial charge in [-0.25, -0.2) is 0 Å². The van der Waals surface area contributed by atoms with Crippen molar-refractivity contribution in [1.29, 1.82) is 0 Å². The van der Waals surface area contributed by atoms with Gasteiger partial charge in [0, 0.05) is 5.69 Å². The van der Waals surface area contributed by atoms with Crippen molar-refractivity contribution >= 4 is 45.4 Å². The molecule has 0 aromatic heterocycles. The summed E-state index contributed by atoms with van der Waals surface area (Å²) in [5, 5.41) is 6.35. The molecular weight excluding hydrogens is 524 g/mol. The third-order valence-corrected chi connectivity index (χ3v) is 7.14. The van der Waals surface area contributed by atoms with E-state index < -0.39 is 0 Å². The second-order valence-electron chi connectivity index (χ2n) is 8.21. The molecule has 1 saturated heterocycles. The average Bonchev–Trinajstić information content (AvgIpc) is 3.18. The summed E-state index contributed by atoms with van der Waals surface area (Å²) in [5.41, 5.74) is 5.17. The van der Waals surface area contributed by atoms with E-state index in [0.717, 1.165) is 27.7 Å². The SMILES string of the molecule is CCOc1cc(/C=C2\S[C@H](Nc3ccc(CC)cc3)NC2=O)cc(Br)c1OCc1ccc(C)cc1. The first-order chi connectivity index (χ1) is 16.9. The minimum Gasteiger partial charge on any atom is -0.490 e. The van der Waals surface area contributed by atoms with Gasteiger partial charge in [0.1, 0.15) is 6.61 Å². The lowest BCUT2D eigenvalue weighted by atomic mass is 10.1. The van der Waals surface area contributed by atoms with Crippen molar-refractivity contribution in [3.8, 4) is 11.5 Å². The summed E-state index contributed by atoms with van der Waals surface area (Å²) in [6.07, 6.45) is 2.87. The maximum Gasteiger partial charge on any atom is 0.260 e. The molecular formula is C28H29BrN2O3S. The van der Waals surface area contributed by atoms with E-state index in [0.29, 0.717) is 29.6 Å². The van der Waals surface area contributed by atoms with Gasteiger partial charge in [-0.15, -0.1) is 0 Å². The fraction of sp³-hybridized carbons (Fsp3) is 0.250. The van der Waals surface area contributed by atoms with Crippen LogP contribution in [0.4, 0.5) is 5.69 Å². The van der Waals surface area contributed by atoms with Crippen LogP contribution < -0.4 is 20.1 Å². The number of hydrogen-bond donors (Lipinski definition) is 2. The molecule has 4 rings (SSSR count). The molecule has 5 nitrogen and oxygen atoms in total. The van der Waals surface area contributed by atoms with Gasteiger partial charge < -0.3 is 20.1 Å². The number of anilines is 1. The average molecular weight is 554 g/mol. The van der Waals surface area contributed by atoms with Crippen molar-refractivity contribution in [2.24, 2.45) is 0 Å². The first-order valence-electron chi connectivity index (χ1n) is 11.6. The molecule has 3 aromatic carbocycles. The highest BCUT2D eigenvalue weighted by Gasteiger charge is 2.27. The summed E-state index contributed by atoms with van der Waals surface area (Å²) in [6.45, 7) is 7.07. The number of nitrogens with one attached hydrogen (secondary N) is 2. The number of ether oxygens (including phenoxy) is 2. The number of benzene rings is 3. The fourth-order valence-corrected chi connectivity index (χ4v) is 5.18. The second kappa shape index (κ2) is 11.7. The van der Waals surface area contributed by atoms with Crippen LogP contribution in [0.2, 0.25) is 0 Å². The van der Waals surface area contributed by atoms with Crippen molar-refractivity contribution in [3.63, 3.8) is 0 Å². The van der Waals surface area contributed by atoms with Crippen LogP contribution in [0, 0.1) is 6.92 Å². The lowest BCUT2D eigenvalue weighted by Gasteiger charge is -2.15. The van der Waals surface area contributed by atoms with E-state index in [1.54, 1.807) is 0 Å². The monoisotopic (exact) mass is 552 g/mol. The molecule has 1 amide bonds. The molecule has 0 aliphatic carbocycles. The Morgan fingerprint density at radius 3 is 2.43 bits per heavy atom. The van der Waals surface area contributed by atoms with E-state index in [1.165, 1.54) is 22.9 Å². The summed E-state index contributed by atoms with van der Waals surface area (Å²) < 4.78 is 12.8. The summed E-state index contributed by atoms with van der Waals surface area (Å²) in [7, 11) is 0. The molecule has 0 saturated carbocycles. The van der Waals surface area contributed by atoms with Crippen molar-refractivity contribution < 1.29 is 14.3 Å². The quantitative estimate of drug-likeness (QED) is 0.283. The van der Waals surface area contributed by atoms with E-state index >= 15 is 0 Å². The summed E-state index contributed by atoms with van der Waals surface area (Å²) in [4.78, 5) is 13.3. The predicted octanol–water partition coefficient (Wildman–Crippen LogP) is 6.90. The number of amides is 1. The predicted molar refractivity (Wildman–Crippen MR) is 148 cm³/mol. The van der Waals surface area contributed by atoms with Gasteiger partial charge in [0.05, 0.1) is 16.0 Å². The van der Waals surface area contributed by atoms with Crippen LogP contribution in [0.3, 0.4) is 0 Å². The molecule has 0 spiro atoms. The standard InChI is InChI=1S/C28H29BrN2O3S/c1-4-19-10-12-22(13-11-19)30-28-31-27(32)25(35-28)16-21-14-23(29)26(24(15-21)33-5-2)34-17-20-8-6-18(3)7-9-20/h6-16,28,30H,4-5,17H2,1-3H3,(H,31,32)/b25-16-/t28-/m1/s1. The number of rotatable bonds is 9. The van der Waals surface area contributed by atoms with Gasteiger partial charge in [0.15, 0.2) is 17.0 Å². The number of aryl methyl sites for hydroxylation is 2. The Kier molecular flexibility index (Phi) is 8.42. The van der Waals surface area contributed by atoms with Gasteiger partial charge in [-0.2, -0.15) is 0 Å². The Hall–Kier alpha value is -2.90. The first kappa shape index (κ1) is 25.2. The number of thioether (sulfide) groups is 1. The smallest absolute Gasteiger partial charge is 0.260 e. The largest absolute Gasteiger partial charge is 0.490 e. The van der Waals surface area contributed by atoms with Crippen LogP contribution in [-0.2, 0) is 17.8 Å². The molecule has 35 heavy (non-hydrogen) atoms. The Morgan fingerprint density at radius 2 is 1.74 bits per heavy atom. The molecule has 0 radical (unpaired) electrons. The molecule has 3 aromatic rings. The zero-order chi connectivity index (χ0) is 24.8. The Bertz CT molecular complexity index is 1210. The van der Waals surface area contributed by atoms with E-state index in [1.807, 2.05) is 37.3 Å². The molecule has 2 N–H and O–H groups in total. The van der Waals surface area contributed by atoms with Gasteiger partial charge in [-0.05, 0) is 83.2 Å². The zero-order valence-electron chi connectivity index (χ0n) is 20.1. The number of halogens is 1. The van der Waals surface area contributed by atoms with Crippen LogP contribution in [0.25, 0.3) is 6.08 Å². The summed E-state index contributed by atoms with van der Waals surface area (Å²) in [5.74, 6) is 1.18. The normalized spacial score (nSPS) is 16.3. The Balaban J connectivity index is 1.48. The van der Waals surface area contributed by atoms with E-state index in [-0.39, 0.29) is 11.4 Å². The van der Waals surface area contributed by atoms with Gasteiger partial charge >= 0.3 is 0 Å². The highest BCUT2D eigenvalue weighted by molar-refractivity contribution is 9.10. The van der Waals surface area contributed by atoms with Crippen LogP contribution >= 0.6 is 27.7 Å². The van der Waals surface area contributed by atoms with Crippen molar-refractivity contribution in [3.05, 3.63) is 92.3 Å². The van der Waals surface area contributed by atoms with E-state index in [4.69, 9.17) is 9.47 Å². The summed E-state index contributed by atoms with van der Waals surface area (Å²) in [6, 6.07) is 20.4. The molecule has 1 aliphatic rings. The second-order valence-corrected chi connectivity index (χ2v) is 10.2. The highest BCUT2D eigenvalue weighted by Crippen LogP contribution is 2.39. The van der Waals surface area contributed by atoms with Crippen LogP contribution in [0.15, 0.2) is 70.0 Å². The third kappa shape index (κ3) is 6.61. The molecule has 1 atom stereocenters. The van der Waals surface area contributed by atoms with Crippen molar-refractivity contribution in [2.75, 3.05) is 11.9 Å². The van der Waals surface area contributed by atoms with Gasteiger partial charge in [-0.3, -0.25) is 4.79 Å². The van der Waals surface area contributed by atoms with Crippen molar-refractivity contribution in [2.45, 2.75) is 39.3 Å². The maximum absolute atomic E-state index is 12.6. The van der Waals surface area contributed by atoms with Crippen LogP contribution in [-0.4, -0.2) is 18.0 Å². The third-order valence-electron chi connectivity index (χ3n) is 5.52. The summed E-state index contributed by atoms with van der Waals surface area (Å²) >= 11 is 5.09. The lowest BCUT2D eigenvalue weighted by molar-refractivity contribution is -0.116. The van der Waals surface area contributed by atoms with Crippen LogP contribution in [0.1, 0.15) is 36.1 Å². The first-order valence-corrected chi connectivity index (χ1v) is 13.3. The Morgan fingerprint density at radius 1 is 1.03 bits per heavy atom. The van der Waals surface area contributed by atoms with E-state index in [9.17, 15) is 4.79 Å². The number of carbonyl (C=O) groups is 1. The number of carbonyl (C=O) groups excluding carboxylic acids is 1. The lowest BCUT2D eigenvalue weighted by Crippen LogP contribution is -2.30. The molecule has 0 unspecified atom stereocenters. The number of hydrogen-bond acceptors (Lipinski definition) is 5. The minimum atomic E-state index is -0.229. The minimum absolute atomic E-state index is 0.105. The molecule has 1 heterocycles. The molecule has 182 valence electrons. The highest BCUT2D eigenvalue weighted by atomic mass is 79.9. The fourth-order valence-electron chi connectivity index (χ4n) is 3.62. The zero-order valence-corrected chi connectivity index (χ0v) is 22.5. The van der Waals surface area contributed by atoms with E-state index in [2.05, 4.69) is 76.8 Å². The van der Waals surface area contributed by atoms with Gasteiger partial charge in [0.25, 0.3) is 5.91 Å². The van der Waals surface area contributed by atoms with Crippen LogP contribution in [0.5, 0.6) is 11.5 Å². The van der Waals surface area contributed by atoms with Gasteiger partial charge in [-0.1, -0.05) is 60.6 Å². The van der Waals surface area contributed by atoms with Gasteiger partial charge in [0.2, 0.25) is 0 Å². The maximum atomic E-state index is 12.6. The molecule has 1 aliphatic heterocycles.